The van der Waals surface area contributed by atoms with Gasteiger partial charge in [0.25, 0.3) is 5.91 Å². The molecule has 2 N–H and O–H groups in total. The lowest BCUT2D eigenvalue weighted by Crippen LogP contribution is -2.51. The van der Waals surface area contributed by atoms with Crippen LogP contribution in [0.1, 0.15) is 61.5 Å². The summed E-state index contributed by atoms with van der Waals surface area (Å²) in [6.45, 7) is 11.1. The lowest BCUT2D eigenvalue weighted by molar-refractivity contribution is 0.0921. The number of amides is 1. The second kappa shape index (κ2) is 10.0. The van der Waals surface area contributed by atoms with Crippen LogP contribution < -0.4 is 10.6 Å². The molecule has 0 radical (unpaired) electrons. The van der Waals surface area contributed by atoms with E-state index >= 15 is 0 Å². The van der Waals surface area contributed by atoms with Crippen molar-refractivity contribution in [2.24, 2.45) is 0 Å². The maximum Gasteiger partial charge on any atom is 0.252 e. The van der Waals surface area contributed by atoms with Crippen molar-refractivity contribution in [3.63, 3.8) is 0 Å². The number of nitrogens with one attached hydrogen (secondary N) is 2. The molecule has 0 saturated carbocycles. The maximum absolute atomic E-state index is 13.3. The Kier molecular flexibility index (Phi) is 8.14. The number of furan rings is 1. The highest BCUT2D eigenvalue weighted by Crippen LogP contribution is 2.30. The smallest absolute Gasteiger partial charge is 0.252 e. The van der Waals surface area contributed by atoms with Crippen LogP contribution in [0.15, 0.2) is 22.7 Å². The molecule has 1 aliphatic rings. The largest absolute Gasteiger partial charge is 0.466 e. The Labute approximate surface area is 195 Å². The van der Waals surface area contributed by atoms with Crippen molar-refractivity contribution in [1.82, 2.24) is 25.4 Å². The van der Waals surface area contributed by atoms with Crippen LogP contribution in [0.3, 0.4) is 0 Å². The number of halogens is 2. The topological polar surface area (TPSA) is 85.0 Å². The molecular weight excluding hydrogens is 437 g/mol. The fourth-order valence-electron chi connectivity index (χ4n) is 4.09. The van der Waals surface area contributed by atoms with E-state index in [1.807, 2.05) is 30.7 Å². The van der Waals surface area contributed by atoms with Crippen molar-refractivity contribution in [3.8, 4) is 11.3 Å². The monoisotopic (exact) mass is 467 g/mol. The van der Waals surface area contributed by atoms with E-state index in [-0.39, 0.29) is 48.8 Å². The van der Waals surface area contributed by atoms with Crippen molar-refractivity contribution in [1.29, 1.82) is 0 Å². The number of piperidine rings is 1. The Morgan fingerprint density at radius 3 is 2.65 bits per heavy atom. The number of carbonyl (C=O) groups excluding carboxylic acids is 1. The van der Waals surface area contributed by atoms with E-state index in [0.29, 0.717) is 5.56 Å². The fraction of sp³-hybridized carbons (Fsp3) is 0.500. The molecule has 2 atom stereocenters. The van der Waals surface area contributed by atoms with Crippen LogP contribution >= 0.6 is 24.8 Å². The normalized spacial score (nSPS) is 18.5. The number of pyridine rings is 1. The molecule has 3 aromatic heterocycles. The number of nitrogens with zero attached hydrogens (tertiary/aromatic N) is 3. The Hall–Kier alpha value is -2.09. The molecule has 1 saturated heterocycles. The highest BCUT2D eigenvalue weighted by atomic mass is 35.5. The first-order valence-corrected chi connectivity index (χ1v) is 10.3. The van der Waals surface area contributed by atoms with Gasteiger partial charge in [0.05, 0.1) is 22.8 Å². The summed E-state index contributed by atoms with van der Waals surface area (Å²) in [6, 6.07) is 4.33. The van der Waals surface area contributed by atoms with E-state index in [1.54, 1.807) is 6.20 Å². The molecule has 170 valence electrons. The lowest BCUT2D eigenvalue weighted by atomic mass is 9.99. The third-order valence-electron chi connectivity index (χ3n) is 5.70. The van der Waals surface area contributed by atoms with Gasteiger partial charge in [-0.15, -0.1) is 24.8 Å². The summed E-state index contributed by atoms with van der Waals surface area (Å²) < 4.78 is 7.57. The standard InChI is InChI=1S/C22H29N5O2.2ClH/c1-12(2)27-21-18(11-24-27)17(22(28)26-19-7-6-8-23-14(19)4)10-20(25-21)16-9-13(3)29-15(16)5;;/h9-12,14,19,23H,6-8H2,1-5H3,(H,26,28);2*1H. The van der Waals surface area contributed by atoms with Gasteiger partial charge in [-0.25, -0.2) is 9.67 Å². The Morgan fingerprint density at radius 2 is 2.03 bits per heavy atom. The summed E-state index contributed by atoms with van der Waals surface area (Å²) in [4.78, 5) is 18.2. The summed E-state index contributed by atoms with van der Waals surface area (Å²) in [5.74, 6) is 1.53. The average Bonchev–Trinajstić information content (AvgIpc) is 3.25. The van der Waals surface area contributed by atoms with Gasteiger partial charge in [0.1, 0.15) is 11.5 Å². The summed E-state index contributed by atoms with van der Waals surface area (Å²) in [6.07, 6.45) is 3.79. The summed E-state index contributed by atoms with van der Waals surface area (Å²) in [5, 5.41) is 11.9. The molecule has 4 rings (SSSR count). The molecule has 31 heavy (non-hydrogen) atoms. The Bertz CT molecular complexity index is 1060. The van der Waals surface area contributed by atoms with Crippen molar-refractivity contribution >= 4 is 41.8 Å². The number of hydrogen-bond donors (Lipinski definition) is 2. The lowest BCUT2D eigenvalue weighted by Gasteiger charge is -2.30. The van der Waals surface area contributed by atoms with Gasteiger partial charge in [-0.3, -0.25) is 4.79 Å². The van der Waals surface area contributed by atoms with Crippen LogP contribution in [0.2, 0.25) is 0 Å². The van der Waals surface area contributed by atoms with Gasteiger partial charge in [-0.1, -0.05) is 0 Å². The number of aryl methyl sites for hydroxylation is 2. The van der Waals surface area contributed by atoms with Gasteiger partial charge >= 0.3 is 0 Å². The van der Waals surface area contributed by atoms with E-state index in [9.17, 15) is 4.79 Å². The second-order valence-corrected chi connectivity index (χ2v) is 8.27. The highest BCUT2D eigenvalue weighted by molar-refractivity contribution is 6.06. The second-order valence-electron chi connectivity index (χ2n) is 8.27. The van der Waals surface area contributed by atoms with Crippen molar-refractivity contribution in [3.05, 3.63) is 35.4 Å². The zero-order chi connectivity index (χ0) is 20.7. The molecule has 1 aliphatic heterocycles. The van der Waals surface area contributed by atoms with Crippen LogP contribution in [0.4, 0.5) is 0 Å². The zero-order valence-corrected chi connectivity index (χ0v) is 20.2. The van der Waals surface area contributed by atoms with Crippen molar-refractivity contribution in [2.45, 2.75) is 65.6 Å². The van der Waals surface area contributed by atoms with E-state index in [0.717, 1.165) is 53.2 Å². The molecule has 4 heterocycles. The van der Waals surface area contributed by atoms with Gasteiger partial charge < -0.3 is 15.1 Å². The van der Waals surface area contributed by atoms with E-state index in [1.165, 1.54) is 0 Å². The van der Waals surface area contributed by atoms with Crippen LogP contribution in [-0.2, 0) is 0 Å². The number of aromatic nitrogens is 3. The first-order valence-electron chi connectivity index (χ1n) is 10.3. The van der Waals surface area contributed by atoms with Crippen LogP contribution in [-0.4, -0.2) is 39.3 Å². The predicted molar refractivity (Wildman–Crippen MR) is 128 cm³/mol. The number of fused-ring (bicyclic) bond motifs is 1. The fourth-order valence-corrected chi connectivity index (χ4v) is 4.09. The van der Waals surface area contributed by atoms with E-state index in [2.05, 4.69) is 36.5 Å². The third-order valence-corrected chi connectivity index (χ3v) is 5.70. The summed E-state index contributed by atoms with van der Waals surface area (Å²) in [7, 11) is 0. The molecule has 0 bridgehead atoms. The maximum atomic E-state index is 13.3. The van der Waals surface area contributed by atoms with Crippen molar-refractivity contribution in [2.75, 3.05) is 6.54 Å². The number of hydrogen-bond acceptors (Lipinski definition) is 5. The van der Waals surface area contributed by atoms with Crippen LogP contribution in [0.5, 0.6) is 0 Å². The first-order chi connectivity index (χ1) is 13.8. The average molecular weight is 468 g/mol. The molecule has 0 aromatic carbocycles. The molecule has 0 spiro atoms. The van der Waals surface area contributed by atoms with Gasteiger partial charge in [-0.05, 0) is 66.1 Å². The molecule has 9 heteroatoms. The molecule has 2 unspecified atom stereocenters. The molecule has 3 aromatic rings. The predicted octanol–water partition coefficient (Wildman–Crippen LogP) is 4.60. The highest BCUT2D eigenvalue weighted by Gasteiger charge is 2.25. The van der Waals surface area contributed by atoms with Crippen LogP contribution in [0, 0.1) is 13.8 Å². The number of carbonyl (C=O) groups is 1. The van der Waals surface area contributed by atoms with Gasteiger partial charge in [0.2, 0.25) is 0 Å². The molecular formula is C22H31Cl2N5O2. The van der Waals surface area contributed by atoms with E-state index in [4.69, 9.17) is 9.40 Å². The minimum Gasteiger partial charge on any atom is -0.466 e. The van der Waals surface area contributed by atoms with Gasteiger partial charge in [0.15, 0.2) is 5.65 Å². The van der Waals surface area contributed by atoms with Gasteiger partial charge in [0, 0.05) is 23.7 Å². The molecule has 1 amide bonds. The van der Waals surface area contributed by atoms with Crippen molar-refractivity contribution < 1.29 is 9.21 Å². The summed E-state index contributed by atoms with van der Waals surface area (Å²) in [5.41, 5.74) is 2.96. The minimum absolute atomic E-state index is 0. The van der Waals surface area contributed by atoms with Gasteiger partial charge in [-0.2, -0.15) is 5.10 Å². The first kappa shape index (κ1) is 25.2. The zero-order valence-electron chi connectivity index (χ0n) is 18.6. The molecule has 7 nitrogen and oxygen atoms in total. The quantitative estimate of drug-likeness (QED) is 0.585. The van der Waals surface area contributed by atoms with E-state index < -0.39 is 0 Å². The molecule has 0 aliphatic carbocycles. The minimum atomic E-state index is -0.0830. The number of rotatable bonds is 4. The SMILES string of the molecule is Cc1cc(-c2cc(C(=O)NC3CCCNC3C)c3cnn(C(C)C)c3n2)c(C)o1.Cl.Cl. The Morgan fingerprint density at radius 1 is 1.29 bits per heavy atom. The Balaban J connectivity index is 0.00000171. The third kappa shape index (κ3) is 4.89. The summed E-state index contributed by atoms with van der Waals surface area (Å²) >= 11 is 0. The molecule has 1 fully saturated rings. The van der Waals surface area contributed by atoms with Crippen LogP contribution in [0.25, 0.3) is 22.3 Å².